The number of carboxylic acids is 1. The SMILES string of the molecule is C[C@H](N)C(=O)N[C@@H](C)C(=O)N[C@@H](C)C(=O)N[C@@H](CS)C(=O)N[C@@H](Cc1cnc[nH]1)C(=O)N[C@@H](Cc1cnc[nH]1)C(=O)N[C@@H](Cc1cnc[nH]1)C(=O)N[C@@H](Cc1cnc[nH]1)C(=O)N[C@@H](Cc1cnc[nH]1)C(=O)N[C@@H](Cc1cnc[nH]1)C(=O)O. The molecule has 0 spiro atoms. The highest BCUT2D eigenvalue weighted by Crippen LogP contribution is 2.10. The molecule has 18 N–H and O–H groups in total. The minimum atomic E-state index is -1.52. The molecule has 6 rings (SSSR count). The van der Waals surface area contributed by atoms with Crippen LogP contribution in [0.4, 0.5) is 0 Å². The molecule has 0 aliphatic rings. The van der Waals surface area contributed by atoms with Gasteiger partial charge in [-0.2, -0.15) is 12.6 Å². The molecule has 0 aromatic carbocycles. The van der Waals surface area contributed by atoms with Crippen LogP contribution in [-0.2, 0) is 86.5 Å². The number of amides is 9. The summed E-state index contributed by atoms with van der Waals surface area (Å²) in [7, 11) is 0. The third-order valence-electron chi connectivity index (χ3n) is 12.4. The molecule has 0 aliphatic carbocycles. The number of carbonyl (C=O) groups is 10. The largest absolute Gasteiger partial charge is 0.480 e. The normalized spacial score (nSPS) is 14.8. The van der Waals surface area contributed by atoms with E-state index in [1.807, 2.05) is 0 Å². The summed E-state index contributed by atoms with van der Waals surface area (Å²) in [5.74, 6) is -9.22. The first-order valence-corrected chi connectivity index (χ1v) is 26.1. The number of H-pyrrole nitrogens is 6. The Balaban J connectivity index is 1.21. The van der Waals surface area contributed by atoms with Gasteiger partial charge in [0.25, 0.3) is 0 Å². The van der Waals surface area contributed by atoms with E-state index in [0.29, 0.717) is 34.2 Å². The molecule has 34 heteroatoms. The van der Waals surface area contributed by atoms with Crippen molar-refractivity contribution < 1.29 is 53.1 Å². The molecule has 33 nitrogen and oxygen atoms in total. The van der Waals surface area contributed by atoms with Crippen molar-refractivity contribution in [2.24, 2.45) is 5.73 Å². The fourth-order valence-electron chi connectivity index (χ4n) is 7.88. The van der Waals surface area contributed by atoms with E-state index < -0.39 is 120 Å². The summed E-state index contributed by atoms with van der Waals surface area (Å²) in [6, 6.07) is -13.4. The van der Waals surface area contributed by atoms with Crippen molar-refractivity contribution in [3.63, 3.8) is 0 Å². The number of aromatic amines is 6. The first-order chi connectivity index (χ1) is 39.3. The van der Waals surface area contributed by atoms with Gasteiger partial charge in [0.2, 0.25) is 53.2 Å². The zero-order chi connectivity index (χ0) is 59.3. The van der Waals surface area contributed by atoms with E-state index in [-0.39, 0.29) is 44.3 Å². The van der Waals surface area contributed by atoms with Crippen LogP contribution in [0.2, 0.25) is 0 Å². The van der Waals surface area contributed by atoms with Gasteiger partial charge in [0.15, 0.2) is 0 Å². The van der Waals surface area contributed by atoms with Gasteiger partial charge in [0.05, 0.1) is 44.0 Å². The number of aromatic nitrogens is 12. The number of nitrogens with two attached hydrogens (primary N) is 1. The van der Waals surface area contributed by atoms with Gasteiger partial charge in [0.1, 0.15) is 54.4 Å². The molecule has 438 valence electrons. The third kappa shape index (κ3) is 18.7. The molecule has 10 atom stereocenters. The molecule has 9 amide bonds. The van der Waals surface area contributed by atoms with E-state index >= 15 is 0 Å². The third-order valence-corrected chi connectivity index (χ3v) is 12.8. The van der Waals surface area contributed by atoms with Crippen LogP contribution in [0.15, 0.2) is 75.1 Å². The molecule has 0 saturated carbocycles. The highest BCUT2D eigenvalue weighted by Gasteiger charge is 2.36. The average Bonchev–Trinajstić information content (AvgIpc) is 4.39. The zero-order valence-electron chi connectivity index (χ0n) is 44.4. The number of carboxylic acid groups (broad SMARTS) is 1. The summed E-state index contributed by atoms with van der Waals surface area (Å²) in [4.78, 5) is 177. The van der Waals surface area contributed by atoms with E-state index in [9.17, 15) is 53.1 Å². The van der Waals surface area contributed by atoms with Gasteiger partial charge < -0.3 is 88.6 Å². The van der Waals surface area contributed by atoms with Gasteiger partial charge in [-0.25, -0.2) is 34.7 Å². The summed E-state index contributed by atoms with van der Waals surface area (Å²) < 4.78 is 0. The van der Waals surface area contributed by atoms with Gasteiger partial charge in [-0.15, -0.1) is 0 Å². The summed E-state index contributed by atoms with van der Waals surface area (Å²) in [6.07, 6.45) is 15.1. The van der Waals surface area contributed by atoms with Crippen molar-refractivity contribution in [2.75, 3.05) is 5.75 Å². The van der Waals surface area contributed by atoms with Crippen molar-refractivity contribution in [1.82, 2.24) is 108 Å². The highest BCUT2D eigenvalue weighted by molar-refractivity contribution is 7.80. The summed E-state index contributed by atoms with van der Waals surface area (Å²) >= 11 is 4.25. The maximum atomic E-state index is 14.7. The van der Waals surface area contributed by atoms with Crippen LogP contribution < -0.4 is 53.6 Å². The number of hydrogen-bond donors (Lipinski definition) is 18. The van der Waals surface area contributed by atoms with E-state index in [0.717, 1.165) is 0 Å². The molecule has 6 aromatic heterocycles. The van der Waals surface area contributed by atoms with Gasteiger partial charge in [-0.1, -0.05) is 0 Å². The highest BCUT2D eigenvalue weighted by atomic mass is 32.1. The number of nitrogens with zero attached hydrogens (tertiary/aromatic N) is 6. The Morgan fingerprint density at radius 1 is 0.378 bits per heavy atom. The Labute approximate surface area is 471 Å². The van der Waals surface area contributed by atoms with Crippen molar-refractivity contribution in [3.8, 4) is 0 Å². The van der Waals surface area contributed by atoms with Crippen LogP contribution in [0.25, 0.3) is 0 Å². The Hall–Kier alpha value is -9.73. The van der Waals surface area contributed by atoms with Crippen molar-refractivity contribution in [3.05, 3.63) is 109 Å². The average molecular weight is 1160 g/mol. The van der Waals surface area contributed by atoms with E-state index in [1.54, 1.807) is 0 Å². The van der Waals surface area contributed by atoms with Gasteiger partial charge in [-0.3, -0.25) is 43.2 Å². The number of aliphatic carboxylic acids is 1. The van der Waals surface area contributed by atoms with Crippen molar-refractivity contribution in [1.29, 1.82) is 0 Å². The van der Waals surface area contributed by atoms with Gasteiger partial charge in [-0.05, 0) is 20.8 Å². The molecular weight excluding hydrogens is 1090 g/mol. The molecule has 0 radical (unpaired) electrons. The van der Waals surface area contributed by atoms with E-state index in [1.165, 1.54) is 95.9 Å². The van der Waals surface area contributed by atoms with Crippen LogP contribution in [0.5, 0.6) is 0 Å². The second-order valence-corrected chi connectivity index (χ2v) is 19.2. The number of carbonyl (C=O) groups excluding carboxylic acids is 9. The quantitative estimate of drug-likeness (QED) is 0.0175. The number of imidazole rings is 6. The first kappa shape index (κ1) is 61.5. The van der Waals surface area contributed by atoms with Crippen LogP contribution in [-0.4, -0.2) is 190 Å². The lowest BCUT2D eigenvalue weighted by atomic mass is 10.0. The van der Waals surface area contributed by atoms with Crippen molar-refractivity contribution in [2.45, 2.75) is 120 Å². The van der Waals surface area contributed by atoms with Gasteiger partial charge in [0, 0.05) is 116 Å². The Morgan fingerprint density at radius 3 is 0.829 bits per heavy atom. The standard InChI is InChI=1S/C48H64N22O11S/c1-23(49)39(71)62-24(2)40(72)63-25(3)41(73)70-38(16-82)47(79)68-35(7-29-13-53-20-59-29)45(77)66-33(5-27-11-51-18-57-27)43(75)64-32(4-26-10-50-17-56-26)42(74)65-34(6-28-12-52-19-58-28)44(76)67-36(8-30-14-54-21-60-30)46(78)69-37(48(80)81)9-31-15-55-22-61-31/h10-15,17-25,32-38,82H,4-9,16,49H2,1-3H3,(H,50,56)(H,51,57)(H,52,58)(H,53,59)(H,54,60)(H,55,61)(H,62,71)(H,63,72)(H,64,75)(H,65,74)(H,66,77)(H,67,76)(H,68,79)(H,69,78)(H,70,73)(H,80,81)/t23-,24-,25-,32-,33-,34-,35-,36-,37-,38-/m0/s1. The predicted octanol–water partition coefficient (Wildman–Crippen LogP) is -5.45. The molecule has 82 heavy (non-hydrogen) atoms. The lowest BCUT2D eigenvalue weighted by molar-refractivity contribution is -0.142. The Bertz CT molecular complexity index is 3030. The Kier molecular flexibility index (Phi) is 22.5. The number of hydrogen-bond acceptors (Lipinski definition) is 18. The topological polar surface area (TPSA) is 497 Å². The van der Waals surface area contributed by atoms with Crippen LogP contribution >= 0.6 is 12.6 Å². The maximum absolute atomic E-state index is 14.7. The molecule has 0 aliphatic heterocycles. The zero-order valence-corrected chi connectivity index (χ0v) is 45.3. The lowest BCUT2D eigenvalue weighted by Crippen LogP contribution is -2.61. The smallest absolute Gasteiger partial charge is 0.326 e. The molecule has 0 unspecified atom stereocenters. The molecule has 0 bridgehead atoms. The monoisotopic (exact) mass is 1160 g/mol. The second kappa shape index (κ2) is 30.0. The summed E-state index contributed by atoms with van der Waals surface area (Å²) in [6.45, 7) is 4.16. The second-order valence-electron chi connectivity index (χ2n) is 18.9. The van der Waals surface area contributed by atoms with Crippen molar-refractivity contribution >= 4 is 71.8 Å². The van der Waals surface area contributed by atoms with Gasteiger partial charge >= 0.3 is 5.97 Å². The predicted molar refractivity (Wildman–Crippen MR) is 288 cm³/mol. The number of nitrogens with one attached hydrogen (secondary N) is 15. The van der Waals surface area contributed by atoms with Crippen LogP contribution in [0, 0.1) is 0 Å². The van der Waals surface area contributed by atoms with Crippen LogP contribution in [0.3, 0.4) is 0 Å². The molecule has 6 aromatic rings. The minimum Gasteiger partial charge on any atom is -0.480 e. The van der Waals surface area contributed by atoms with E-state index in [2.05, 4.69) is 120 Å². The molecule has 6 heterocycles. The first-order valence-electron chi connectivity index (χ1n) is 25.4. The molecule has 0 saturated heterocycles. The lowest BCUT2D eigenvalue weighted by Gasteiger charge is -2.27. The Morgan fingerprint density at radius 2 is 0.598 bits per heavy atom. The number of thiol groups is 1. The molecule has 0 fully saturated rings. The summed E-state index contributed by atoms with van der Waals surface area (Å²) in [5.41, 5.74) is 7.82. The number of rotatable bonds is 32. The maximum Gasteiger partial charge on any atom is 0.326 e. The fraction of sp³-hybridized carbons (Fsp3) is 0.417. The fourth-order valence-corrected chi connectivity index (χ4v) is 8.14. The van der Waals surface area contributed by atoms with Crippen LogP contribution in [0.1, 0.15) is 54.9 Å². The molecular formula is C48H64N22O11S. The van der Waals surface area contributed by atoms with E-state index in [4.69, 9.17) is 5.73 Å². The minimum absolute atomic E-state index is 0.175. The summed E-state index contributed by atoms with van der Waals surface area (Å²) in [5, 5.41) is 33.1.